The molecule has 2 atom stereocenters. The van der Waals surface area contributed by atoms with Crippen LogP contribution >= 0.6 is 22.6 Å². The van der Waals surface area contributed by atoms with Crippen LogP contribution in [0.5, 0.6) is 0 Å². The van der Waals surface area contributed by atoms with Crippen LogP contribution in [0.25, 0.3) is 0 Å². The summed E-state index contributed by atoms with van der Waals surface area (Å²) >= 11 is 1.98. The molecule has 1 aromatic carbocycles. The van der Waals surface area contributed by atoms with Gasteiger partial charge in [0.1, 0.15) is 11.9 Å². The van der Waals surface area contributed by atoms with Gasteiger partial charge < -0.3 is 5.32 Å². The zero-order valence-electron chi connectivity index (χ0n) is 15.2. The second-order valence-corrected chi connectivity index (χ2v) is 10.4. The molecular weight excluding hydrogens is 501 g/mol. The SMILES string of the molecule is CC1=NN(C)C2C(F)=C(Nc3ccc(I)cc3F)C(NS(=O)(=O)C3CC3)=CC12. The van der Waals surface area contributed by atoms with Crippen molar-refractivity contribution in [1.82, 2.24) is 9.73 Å². The maximum atomic E-state index is 15.5. The summed E-state index contributed by atoms with van der Waals surface area (Å²) in [4.78, 5) is 0. The third-order valence-corrected chi connectivity index (χ3v) is 7.59. The molecule has 0 amide bonds. The molecule has 0 spiro atoms. The van der Waals surface area contributed by atoms with Gasteiger partial charge in [0.25, 0.3) is 0 Å². The Morgan fingerprint density at radius 2 is 2.00 bits per heavy atom. The van der Waals surface area contributed by atoms with Gasteiger partial charge in [0.15, 0.2) is 5.83 Å². The van der Waals surface area contributed by atoms with Gasteiger partial charge in [-0.15, -0.1) is 0 Å². The standard InChI is InChI=1S/C18H19F2IN4O2S/c1-9-12-8-15(24-28(26,27)11-4-5-11)17(16(20)18(12)25(2)23-9)22-14-6-3-10(21)7-13(14)19/h3,6-8,11-12,18,22,24H,4-5H2,1-2H3. The number of likely N-dealkylation sites (N-methyl/N-ethyl adjacent to an activating group) is 1. The van der Waals surface area contributed by atoms with E-state index in [0.717, 1.165) is 0 Å². The predicted octanol–water partition coefficient (Wildman–Crippen LogP) is 3.31. The fourth-order valence-electron chi connectivity index (χ4n) is 3.46. The summed E-state index contributed by atoms with van der Waals surface area (Å²) in [5.74, 6) is -1.53. The van der Waals surface area contributed by atoms with E-state index >= 15 is 4.39 Å². The van der Waals surface area contributed by atoms with E-state index in [4.69, 9.17) is 0 Å². The van der Waals surface area contributed by atoms with E-state index in [1.165, 1.54) is 17.1 Å². The van der Waals surface area contributed by atoms with E-state index < -0.39 is 38.9 Å². The maximum Gasteiger partial charge on any atom is 0.235 e. The lowest BCUT2D eigenvalue weighted by molar-refractivity contribution is 0.257. The largest absolute Gasteiger partial charge is 0.349 e. The molecule has 10 heteroatoms. The highest BCUT2D eigenvalue weighted by molar-refractivity contribution is 14.1. The number of anilines is 1. The molecule has 1 aliphatic heterocycles. The van der Waals surface area contributed by atoms with E-state index in [1.807, 2.05) is 22.6 Å². The zero-order valence-corrected chi connectivity index (χ0v) is 18.2. The Bertz CT molecular complexity index is 1030. The Balaban J connectivity index is 1.75. The van der Waals surface area contributed by atoms with Crippen LogP contribution in [0.2, 0.25) is 0 Å². The van der Waals surface area contributed by atoms with Gasteiger partial charge in [0, 0.05) is 22.2 Å². The van der Waals surface area contributed by atoms with Gasteiger partial charge in [0.05, 0.1) is 22.3 Å². The van der Waals surface area contributed by atoms with Crippen molar-refractivity contribution in [2.24, 2.45) is 11.0 Å². The zero-order chi connectivity index (χ0) is 20.2. The predicted molar refractivity (Wildman–Crippen MR) is 112 cm³/mol. The van der Waals surface area contributed by atoms with Gasteiger partial charge in [-0.3, -0.25) is 9.73 Å². The van der Waals surface area contributed by atoms with Crippen LogP contribution < -0.4 is 10.0 Å². The topological polar surface area (TPSA) is 73.8 Å². The quantitative estimate of drug-likeness (QED) is 0.585. The number of rotatable bonds is 5. The molecular formula is C18H19F2IN4O2S. The first-order valence-electron chi connectivity index (χ1n) is 8.81. The molecule has 1 heterocycles. The molecule has 3 aliphatic rings. The fourth-order valence-corrected chi connectivity index (χ4v) is 5.32. The minimum atomic E-state index is -3.62. The van der Waals surface area contributed by atoms with E-state index in [9.17, 15) is 12.8 Å². The highest BCUT2D eigenvalue weighted by atomic mass is 127. The van der Waals surface area contributed by atoms with Crippen molar-refractivity contribution in [3.05, 3.63) is 50.9 Å². The van der Waals surface area contributed by atoms with E-state index in [1.54, 1.807) is 26.1 Å². The third-order valence-electron chi connectivity index (χ3n) is 5.06. The van der Waals surface area contributed by atoms with Gasteiger partial charge in [-0.2, -0.15) is 5.10 Å². The molecule has 2 aliphatic carbocycles. The number of sulfonamides is 1. The average Bonchev–Trinajstić information content (AvgIpc) is 3.41. The fraction of sp³-hybridized carbons (Fsp3) is 0.389. The Labute approximate surface area is 175 Å². The first-order chi connectivity index (χ1) is 13.2. The van der Waals surface area contributed by atoms with Crippen LogP contribution in [0.1, 0.15) is 19.8 Å². The van der Waals surface area contributed by atoms with Crippen LogP contribution in [-0.4, -0.2) is 37.5 Å². The number of halogens is 3. The number of fused-ring (bicyclic) bond motifs is 1. The highest BCUT2D eigenvalue weighted by Crippen LogP contribution is 2.38. The summed E-state index contributed by atoms with van der Waals surface area (Å²) in [6.45, 7) is 1.77. The van der Waals surface area contributed by atoms with Gasteiger partial charge >= 0.3 is 0 Å². The maximum absolute atomic E-state index is 15.5. The molecule has 2 unspecified atom stereocenters. The van der Waals surface area contributed by atoms with Crippen molar-refractivity contribution in [2.45, 2.75) is 31.1 Å². The summed E-state index contributed by atoms with van der Waals surface area (Å²) in [5, 5.41) is 8.08. The molecule has 0 aromatic heterocycles. The molecule has 1 saturated carbocycles. The molecule has 1 fully saturated rings. The second-order valence-electron chi connectivity index (χ2n) is 7.18. The minimum absolute atomic E-state index is 0.0684. The molecule has 0 radical (unpaired) electrons. The van der Waals surface area contributed by atoms with Gasteiger partial charge in [-0.1, -0.05) is 0 Å². The number of benzene rings is 1. The average molecular weight is 520 g/mol. The molecule has 2 N–H and O–H groups in total. The van der Waals surface area contributed by atoms with Crippen LogP contribution in [0, 0.1) is 15.3 Å². The number of nitrogens with zero attached hydrogens (tertiary/aromatic N) is 2. The van der Waals surface area contributed by atoms with E-state index in [0.29, 0.717) is 22.1 Å². The summed E-state index contributed by atoms with van der Waals surface area (Å²) in [7, 11) is -1.96. The molecule has 0 saturated heterocycles. The molecule has 6 nitrogen and oxygen atoms in total. The number of hydrogen-bond acceptors (Lipinski definition) is 5. The Hall–Kier alpha value is -1.69. The van der Waals surface area contributed by atoms with Gasteiger partial charge in [-0.05, 0) is 66.6 Å². The Kier molecular flexibility index (Phi) is 4.89. The molecule has 1 aromatic rings. The normalized spacial score (nSPS) is 24.7. The van der Waals surface area contributed by atoms with E-state index in [2.05, 4.69) is 15.1 Å². The third kappa shape index (κ3) is 3.51. The van der Waals surface area contributed by atoms with Crippen molar-refractivity contribution in [3.63, 3.8) is 0 Å². The lowest BCUT2D eigenvalue weighted by Gasteiger charge is -2.30. The number of hydrogen-bond donors (Lipinski definition) is 2. The monoisotopic (exact) mass is 520 g/mol. The summed E-state index contributed by atoms with van der Waals surface area (Å²) in [6, 6.07) is 3.81. The van der Waals surface area contributed by atoms with Crippen molar-refractivity contribution in [2.75, 3.05) is 12.4 Å². The van der Waals surface area contributed by atoms with Crippen molar-refractivity contribution in [3.8, 4) is 0 Å². The molecule has 150 valence electrons. The Morgan fingerprint density at radius 3 is 2.64 bits per heavy atom. The van der Waals surface area contributed by atoms with Crippen molar-refractivity contribution >= 4 is 44.0 Å². The van der Waals surface area contributed by atoms with Crippen LogP contribution in [0.15, 0.2) is 46.6 Å². The number of nitrogens with one attached hydrogen (secondary N) is 2. The van der Waals surface area contributed by atoms with Crippen LogP contribution in [0.3, 0.4) is 0 Å². The lowest BCUT2D eigenvalue weighted by atomic mass is 9.89. The first-order valence-corrected chi connectivity index (χ1v) is 11.4. The minimum Gasteiger partial charge on any atom is -0.349 e. The summed E-state index contributed by atoms with van der Waals surface area (Å²) in [6.07, 6.45) is 2.82. The summed E-state index contributed by atoms with van der Waals surface area (Å²) in [5.41, 5.74) is 0.764. The van der Waals surface area contributed by atoms with Crippen molar-refractivity contribution in [1.29, 1.82) is 0 Å². The summed E-state index contributed by atoms with van der Waals surface area (Å²) < 4.78 is 58.0. The lowest BCUT2D eigenvalue weighted by Crippen LogP contribution is -2.39. The van der Waals surface area contributed by atoms with Crippen molar-refractivity contribution < 1.29 is 17.2 Å². The second kappa shape index (κ2) is 6.97. The molecule has 4 rings (SSSR count). The molecule has 0 bridgehead atoms. The highest BCUT2D eigenvalue weighted by Gasteiger charge is 2.43. The Morgan fingerprint density at radius 1 is 1.29 bits per heavy atom. The smallest absolute Gasteiger partial charge is 0.235 e. The number of hydrazone groups is 1. The van der Waals surface area contributed by atoms with Gasteiger partial charge in [0.2, 0.25) is 10.0 Å². The van der Waals surface area contributed by atoms with Crippen LogP contribution in [0.4, 0.5) is 14.5 Å². The van der Waals surface area contributed by atoms with E-state index in [-0.39, 0.29) is 17.1 Å². The van der Waals surface area contributed by atoms with Crippen LogP contribution in [-0.2, 0) is 10.0 Å². The molecule has 28 heavy (non-hydrogen) atoms. The first kappa shape index (κ1) is 19.6. The van der Waals surface area contributed by atoms with Gasteiger partial charge in [-0.25, -0.2) is 17.2 Å².